The summed E-state index contributed by atoms with van der Waals surface area (Å²) in [6.45, 7) is 2.02. The Labute approximate surface area is 138 Å². The molecule has 0 heterocycles. The minimum atomic E-state index is -0.338. The molecule has 112 valence electrons. The average Bonchev–Trinajstić information content (AvgIpc) is 2.49. The highest BCUT2D eigenvalue weighted by Crippen LogP contribution is 2.38. The number of halogens is 2. The molecular formula is C16H17BrClNO2. The zero-order chi connectivity index (χ0) is 15.6. The molecule has 0 saturated carbocycles. The fourth-order valence-corrected chi connectivity index (χ4v) is 2.89. The quantitative estimate of drug-likeness (QED) is 0.863. The number of nitrogens with two attached hydrogens (primary N) is 1. The van der Waals surface area contributed by atoms with Crippen LogP contribution in [0.15, 0.2) is 34.8 Å². The molecule has 2 rings (SSSR count). The lowest BCUT2D eigenvalue weighted by Crippen LogP contribution is -2.14. The molecule has 0 fully saturated rings. The number of hydrogen-bond acceptors (Lipinski definition) is 3. The van der Waals surface area contributed by atoms with Crippen molar-refractivity contribution in [3.8, 4) is 11.5 Å². The maximum absolute atomic E-state index is 6.40. The van der Waals surface area contributed by atoms with E-state index in [9.17, 15) is 0 Å². The van der Waals surface area contributed by atoms with Crippen molar-refractivity contribution in [3.63, 3.8) is 0 Å². The SMILES string of the molecule is COc1cc(Cl)c(C(N)c2cccc(Br)c2C)cc1OC. The fraction of sp³-hybridized carbons (Fsp3) is 0.250. The highest BCUT2D eigenvalue weighted by molar-refractivity contribution is 9.10. The molecule has 2 N–H and O–H groups in total. The van der Waals surface area contributed by atoms with Gasteiger partial charge in [-0.3, -0.25) is 0 Å². The lowest BCUT2D eigenvalue weighted by Gasteiger charge is -2.19. The van der Waals surface area contributed by atoms with Crippen LogP contribution in [-0.2, 0) is 0 Å². The van der Waals surface area contributed by atoms with Crippen LogP contribution in [0.3, 0.4) is 0 Å². The Morgan fingerprint density at radius 3 is 2.33 bits per heavy atom. The molecule has 1 atom stereocenters. The number of methoxy groups -OCH3 is 2. The Kier molecular flexibility index (Phi) is 5.14. The molecule has 1 unspecified atom stereocenters. The molecule has 3 nitrogen and oxygen atoms in total. The second-order valence-corrected chi connectivity index (χ2v) is 5.92. The number of benzene rings is 2. The third-order valence-corrected chi connectivity index (χ3v) is 4.67. The zero-order valence-corrected chi connectivity index (χ0v) is 14.5. The predicted octanol–water partition coefficient (Wildman–Crippen LogP) is 4.48. The molecule has 0 amide bonds. The highest BCUT2D eigenvalue weighted by Gasteiger charge is 2.18. The van der Waals surface area contributed by atoms with Gasteiger partial charge in [-0.15, -0.1) is 0 Å². The third-order valence-electron chi connectivity index (χ3n) is 3.48. The van der Waals surface area contributed by atoms with Gasteiger partial charge in [0.05, 0.1) is 20.3 Å². The summed E-state index contributed by atoms with van der Waals surface area (Å²) >= 11 is 9.87. The van der Waals surface area contributed by atoms with Gasteiger partial charge in [0.25, 0.3) is 0 Å². The largest absolute Gasteiger partial charge is 0.493 e. The molecule has 0 aliphatic heterocycles. The van der Waals surface area contributed by atoms with Crippen molar-refractivity contribution in [2.45, 2.75) is 13.0 Å². The van der Waals surface area contributed by atoms with E-state index in [0.717, 1.165) is 21.2 Å². The van der Waals surface area contributed by atoms with Gasteiger partial charge in [-0.25, -0.2) is 0 Å². The summed E-state index contributed by atoms with van der Waals surface area (Å²) < 4.78 is 11.6. The Hall–Kier alpha value is -1.23. The molecule has 2 aromatic carbocycles. The van der Waals surface area contributed by atoms with Crippen molar-refractivity contribution in [1.82, 2.24) is 0 Å². The predicted molar refractivity (Wildman–Crippen MR) is 89.5 cm³/mol. The summed E-state index contributed by atoms with van der Waals surface area (Å²) in [5, 5.41) is 0.555. The van der Waals surface area contributed by atoms with Crippen LogP contribution in [0.2, 0.25) is 5.02 Å². The molecule has 0 spiro atoms. The van der Waals surface area contributed by atoms with E-state index < -0.39 is 0 Å². The van der Waals surface area contributed by atoms with Gasteiger partial charge < -0.3 is 15.2 Å². The van der Waals surface area contributed by atoms with E-state index in [1.165, 1.54) is 0 Å². The minimum Gasteiger partial charge on any atom is -0.493 e. The first-order valence-corrected chi connectivity index (χ1v) is 7.58. The fourth-order valence-electron chi connectivity index (χ4n) is 2.24. The number of ether oxygens (including phenoxy) is 2. The van der Waals surface area contributed by atoms with E-state index in [-0.39, 0.29) is 6.04 Å². The van der Waals surface area contributed by atoms with E-state index in [1.54, 1.807) is 20.3 Å². The molecule has 21 heavy (non-hydrogen) atoms. The van der Waals surface area contributed by atoms with Crippen LogP contribution in [0.25, 0.3) is 0 Å². The maximum atomic E-state index is 6.40. The van der Waals surface area contributed by atoms with Crippen molar-refractivity contribution in [3.05, 3.63) is 56.5 Å². The second kappa shape index (κ2) is 6.69. The molecule has 0 radical (unpaired) electrons. The monoisotopic (exact) mass is 369 g/mol. The van der Waals surface area contributed by atoms with E-state index >= 15 is 0 Å². The van der Waals surface area contributed by atoms with Gasteiger partial charge in [0, 0.05) is 15.6 Å². The van der Waals surface area contributed by atoms with Gasteiger partial charge in [-0.1, -0.05) is 39.7 Å². The van der Waals surface area contributed by atoms with Crippen LogP contribution < -0.4 is 15.2 Å². The van der Waals surface area contributed by atoms with Crippen molar-refractivity contribution >= 4 is 27.5 Å². The van der Waals surface area contributed by atoms with Gasteiger partial charge >= 0.3 is 0 Å². The Morgan fingerprint density at radius 1 is 1.10 bits per heavy atom. The van der Waals surface area contributed by atoms with Crippen LogP contribution in [0.1, 0.15) is 22.7 Å². The third kappa shape index (κ3) is 3.18. The molecule has 0 aliphatic carbocycles. The van der Waals surface area contributed by atoms with Crippen LogP contribution in [0.4, 0.5) is 0 Å². The zero-order valence-electron chi connectivity index (χ0n) is 12.1. The summed E-state index contributed by atoms with van der Waals surface area (Å²) in [6, 6.07) is 9.16. The lowest BCUT2D eigenvalue weighted by molar-refractivity contribution is 0.354. The molecule has 0 aliphatic rings. The Bertz CT molecular complexity index is 661. The lowest BCUT2D eigenvalue weighted by atomic mass is 9.95. The van der Waals surface area contributed by atoms with E-state index in [4.69, 9.17) is 26.8 Å². The van der Waals surface area contributed by atoms with Crippen LogP contribution in [0.5, 0.6) is 11.5 Å². The van der Waals surface area contributed by atoms with E-state index in [2.05, 4.69) is 15.9 Å². The van der Waals surface area contributed by atoms with Crippen LogP contribution >= 0.6 is 27.5 Å². The summed E-state index contributed by atoms with van der Waals surface area (Å²) in [7, 11) is 3.16. The smallest absolute Gasteiger partial charge is 0.162 e. The van der Waals surface area contributed by atoms with Gasteiger partial charge in [0.15, 0.2) is 11.5 Å². The standard InChI is InChI=1S/C16H17BrClNO2/c1-9-10(5-4-6-12(9)17)16(19)11-7-14(20-2)15(21-3)8-13(11)18/h4-8,16H,19H2,1-3H3. The van der Waals surface area contributed by atoms with Crippen molar-refractivity contribution in [2.24, 2.45) is 5.73 Å². The average molecular weight is 371 g/mol. The summed E-state index contributed by atoms with van der Waals surface area (Å²) in [5.41, 5.74) is 9.31. The molecule has 0 aromatic heterocycles. The first kappa shape index (κ1) is 16.1. The highest BCUT2D eigenvalue weighted by atomic mass is 79.9. The maximum Gasteiger partial charge on any atom is 0.162 e. The molecule has 0 bridgehead atoms. The second-order valence-electron chi connectivity index (χ2n) is 4.66. The molecule has 2 aromatic rings. The van der Waals surface area contributed by atoms with Gasteiger partial charge in [0.1, 0.15) is 0 Å². The van der Waals surface area contributed by atoms with Crippen LogP contribution in [0, 0.1) is 6.92 Å². The van der Waals surface area contributed by atoms with Crippen LogP contribution in [-0.4, -0.2) is 14.2 Å². The minimum absolute atomic E-state index is 0.338. The first-order chi connectivity index (χ1) is 9.99. The Morgan fingerprint density at radius 2 is 1.71 bits per heavy atom. The summed E-state index contributed by atoms with van der Waals surface area (Å²) in [4.78, 5) is 0. The first-order valence-electron chi connectivity index (χ1n) is 6.41. The van der Waals surface area contributed by atoms with Gasteiger partial charge in [-0.05, 0) is 35.7 Å². The van der Waals surface area contributed by atoms with E-state index in [1.807, 2.05) is 31.2 Å². The topological polar surface area (TPSA) is 44.5 Å². The van der Waals surface area contributed by atoms with Gasteiger partial charge in [0.2, 0.25) is 0 Å². The Balaban J connectivity index is 2.53. The van der Waals surface area contributed by atoms with Crippen molar-refractivity contribution in [2.75, 3.05) is 14.2 Å². The van der Waals surface area contributed by atoms with Gasteiger partial charge in [-0.2, -0.15) is 0 Å². The number of rotatable bonds is 4. The molecule has 5 heteroatoms. The summed E-state index contributed by atoms with van der Waals surface area (Å²) in [6.07, 6.45) is 0. The number of hydrogen-bond donors (Lipinski definition) is 1. The summed E-state index contributed by atoms with van der Waals surface area (Å²) in [5.74, 6) is 1.20. The van der Waals surface area contributed by atoms with E-state index in [0.29, 0.717) is 16.5 Å². The van der Waals surface area contributed by atoms with Crippen molar-refractivity contribution in [1.29, 1.82) is 0 Å². The molecular weight excluding hydrogens is 354 g/mol. The van der Waals surface area contributed by atoms with Crippen molar-refractivity contribution < 1.29 is 9.47 Å². The normalized spacial score (nSPS) is 12.1. The molecule has 0 saturated heterocycles.